The second kappa shape index (κ2) is 10.0. The average molecular weight is 309 g/mol. The monoisotopic (exact) mass is 309 g/mol. The lowest BCUT2D eigenvalue weighted by Crippen LogP contribution is -2.29. The molecule has 6 nitrogen and oxygen atoms in total. The van der Waals surface area contributed by atoms with E-state index in [1.54, 1.807) is 7.11 Å². The number of methoxy groups -OCH3 is 1. The summed E-state index contributed by atoms with van der Waals surface area (Å²) in [5.74, 6) is 1.20. The van der Waals surface area contributed by atoms with E-state index in [4.69, 9.17) is 15.2 Å². The molecule has 0 saturated carbocycles. The minimum absolute atomic E-state index is 0.0102. The molecule has 0 unspecified atom stereocenters. The molecule has 0 bridgehead atoms. The number of hydrogen-bond acceptors (Lipinski definition) is 5. The predicted molar refractivity (Wildman–Crippen MR) is 87.2 cm³/mol. The van der Waals surface area contributed by atoms with Gasteiger partial charge >= 0.3 is 0 Å². The normalized spacial score (nSPS) is 10.6. The van der Waals surface area contributed by atoms with Gasteiger partial charge < -0.3 is 25.4 Å². The van der Waals surface area contributed by atoms with Crippen molar-refractivity contribution in [2.24, 2.45) is 5.73 Å². The van der Waals surface area contributed by atoms with Crippen molar-refractivity contribution in [1.29, 1.82) is 0 Å². The van der Waals surface area contributed by atoms with E-state index in [0.717, 1.165) is 25.2 Å². The van der Waals surface area contributed by atoms with Crippen molar-refractivity contribution < 1.29 is 14.3 Å². The van der Waals surface area contributed by atoms with E-state index >= 15 is 0 Å². The van der Waals surface area contributed by atoms with Gasteiger partial charge in [0.15, 0.2) is 11.5 Å². The molecule has 3 N–H and O–H groups in total. The van der Waals surface area contributed by atoms with Crippen molar-refractivity contribution in [2.75, 3.05) is 39.9 Å². The van der Waals surface area contributed by atoms with Crippen LogP contribution < -0.4 is 20.5 Å². The number of nitrogens with one attached hydrogen (secondary N) is 1. The highest BCUT2D eigenvalue weighted by atomic mass is 16.5. The Hall–Kier alpha value is -1.79. The Labute approximate surface area is 132 Å². The highest BCUT2D eigenvalue weighted by Gasteiger charge is 2.07. The van der Waals surface area contributed by atoms with Gasteiger partial charge in [-0.25, -0.2) is 0 Å². The largest absolute Gasteiger partial charge is 0.493 e. The molecule has 0 heterocycles. The van der Waals surface area contributed by atoms with Crippen molar-refractivity contribution in [3.8, 4) is 11.5 Å². The molecule has 1 amide bonds. The summed E-state index contributed by atoms with van der Waals surface area (Å²) in [5, 5.41) is 2.73. The third-order valence-corrected chi connectivity index (χ3v) is 3.46. The number of carbonyl (C=O) groups excluding carboxylic acids is 1. The number of ether oxygens (including phenoxy) is 2. The Morgan fingerprint density at radius 2 is 2.00 bits per heavy atom. The summed E-state index contributed by atoms with van der Waals surface area (Å²) >= 11 is 0. The molecule has 6 heteroatoms. The Morgan fingerprint density at radius 3 is 2.59 bits per heavy atom. The van der Waals surface area contributed by atoms with Gasteiger partial charge in [0.05, 0.1) is 13.7 Å². The third kappa shape index (κ3) is 5.91. The molecule has 1 aromatic rings. The van der Waals surface area contributed by atoms with Gasteiger partial charge in [-0.2, -0.15) is 0 Å². The molecule has 0 spiro atoms. The number of amides is 1. The molecule has 0 aliphatic rings. The predicted octanol–water partition coefficient (Wildman–Crippen LogP) is 0.991. The van der Waals surface area contributed by atoms with Crippen LogP contribution in [0, 0.1) is 0 Å². The average Bonchev–Trinajstić information content (AvgIpc) is 2.57. The van der Waals surface area contributed by atoms with Gasteiger partial charge in [0.1, 0.15) is 6.61 Å². The number of hydrogen-bond donors (Lipinski definition) is 2. The summed E-state index contributed by atoms with van der Waals surface area (Å²) < 4.78 is 11.1. The van der Waals surface area contributed by atoms with Gasteiger partial charge in [-0.1, -0.05) is 19.9 Å². The smallest absolute Gasteiger partial charge is 0.234 e. The van der Waals surface area contributed by atoms with Crippen LogP contribution >= 0.6 is 0 Å². The van der Waals surface area contributed by atoms with Crippen LogP contribution in [0.1, 0.15) is 19.4 Å². The second-order valence-electron chi connectivity index (χ2n) is 4.84. The summed E-state index contributed by atoms with van der Waals surface area (Å²) in [6.07, 6.45) is 0. The molecule has 22 heavy (non-hydrogen) atoms. The van der Waals surface area contributed by atoms with Crippen molar-refractivity contribution in [3.63, 3.8) is 0 Å². The molecular formula is C16H27N3O3. The molecule has 0 aliphatic carbocycles. The molecule has 0 radical (unpaired) electrons. The summed E-state index contributed by atoms with van der Waals surface area (Å²) in [5.41, 5.74) is 6.20. The molecular weight excluding hydrogens is 282 g/mol. The van der Waals surface area contributed by atoms with E-state index in [1.807, 2.05) is 18.2 Å². The van der Waals surface area contributed by atoms with Crippen molar-refractivity contribution in [2.45, 2.75) is 20.4 Å². The lowest BCUT2D eigenvalue weighted by Gasteiger charge is -2.19. The summed E-state index contributed by atoms with van der Waals surface area (Å²) in [7, 11) is 1.61. The van der Waals surface area contributed by atoms with E-state index in [2.05, 4.69) is 24.1 Å². The summed E-state index contributed by atoms with van der Waals surface area (Å²) in [6, 6.07) is 5.64. The quantitative estimate of drug-likeness (QED) is 0.674. The minimum atomic E-state index is -0.182. The van der Waals surface area contributed by atoms with Gasteiger partial charge in [0, 0.05) is 13.1 Å². The fraction of sp³-hybridized carbons (Fsp3) is 0.562. The second-order valence-corrected chi connectivity index (χ2v) is 4.84. The number of likely N-dealkylation sites (N-methyl/N-ethyl adjacent to an activating group) is 1. The van der Waals surface area contributed by atoms with Crippen molar-refractivity contribution in [1.82, 2.24) is 10.2 Å². The maximum absolute atomic E-state index is 11.2. The molecule has 0 fully saturated rings. The fourth-order valence-electron chi connectivity index (χ4n) is 2.04. The van der Waals surface area contributed by atoms with Gasteiger partial charge in [-0.05, 0) is 30.8 Å². The first-order valence-electron chi connectivity index (χ1n) is 7.63. The Morgan fingerprint density at radius 1 is 1.27 bits per heavy atom. The van der Waals surface area contributed by atoms with Crippen LogP contribution in [-0.4, -0.2) is 50.7 Å². The maximum atomic E-state index is 11.2. The van der Waals surface area contributed by atoms with Gasteiger partial charge in [0.25, 0.3) is 0 Å². The zero-order valence-corrected chi connectivity index (χ0v) is 13.7. The van der Waals surface area contributed by atoms with Crippen molar-refractivity contribution in [3.05, 3.63) is 23.8 Å². The first-order chi connectivity index (χ1) is 10.6. The van der Waals surface area contributed by atoms with Crippen LogP contribution in [0.25, 0.3) is 0 Å². The van der Waals surface area contributed by atoms with Gasteiger partial charge in [-0.3, -0.25) is 4.79 Å². The van der Waals surface area contributed by atoms with Crippen molar-refractivity contribution >= 4 is 5.91 Å². The third-order valence-electron chi connectivity index (χ3n) is 3.46. The van der Waals surface area contributed by atoms with Crippen LogP contribution in [-0.2, 0) is 11.3 Å². The molecule has 0 atom stereocenters. The zero-order chi connectivity index (χ0) is 16.4. The molecule has 1 aromatic carbocycles. The van der Waals surface area contributed by atoms with E-state index in [-0.39, 0.29) is 12.5 Å². The summed E-state index contributed by atoms with van der Waals surface area (Å²) in [4.78, 5) is 13.5. The van der Waals surface area contributed by atoms with E-state index in [1.165, 1.54) is 0 Å². The first-order valence-corrected chi connectivity index (χ1v) is 7.63. The van der Waals surface area contributed by atoms with Crippen LogP contribution in [0.5, 0.6) is 11.5 Å². The van der Waals surface area contributed by atoms with Gasteiger partial charge in [-0.15, -0.1) is 0 Å². The number of nitrogens with zero attached hydrogens (tertiary/aromatic N) is 1. The lowest BCUT2D eigenvalue weighted by molar-refractivity contribution is -0.119. The fourth-order valence-corrected chi connectivity index (χ4v) is 2.04. The van der Waals surface area contributed by atoms with E-state index in [0.29, 0.717) is 24.7 Å². The Kier molecular flexibility index (Phi) is 8.32. The number of carbonyl (C=O) groups is 1. The first kappa shape index (κ1) is 18.3. The van der Waals surface area contributed by atoms with E-state index in [9.17, 15) is 4.79 Å². The highest BCUT2D eigenvalue weighted by molar-refractivity contribution is 5.77. The van der Waals surface area contributed by atoms with Crippen LogP contribution in [0.4, 0.5) is 0 Å². The number of benzene rings is 1. The molecule has 1 rings (SSSR count). The number of rotatable bonds is 10. The zero-order valence-electron chi connectivity index (χ0n) is 13.7. The molecule has 0 aliphatic heterocycles. The maximum Gasteiger partial charge on any atom is 0.234 e. The highest BCUT2D eigenvalue weighted by Crippen LogP contribution is 2.28. The standard InChI is InChI=1S/C16H27N3O3/c1-4-19(5-2)8-9-22-14-7-6-13(10-15(14)21-3)12-18-16(20)11-17/h6-7,10H,4-5,8-9,11-12,17H2,1-3H3,(H,18,20). The Bertz CT molecular complexity index is 462. The minimum Gasteiger partial charge on any atom is -0.493 e. The Balaban J connectivity index is 2.59. The SMILES string of the molecule is CCN(CC)CCOc1ccc(CNC(=O)CN)cc1OC. The molecule has 124 valence electrons. The van der Waals surface area contributed by atoms with Crippen LogP contribution in [0.15, 0.2) is 18.2 Å². The number of nitrogens with two attached hydrogens (primary N) is 1. The van der Waals surface area contributed by atoms with E-state index < -0.39 is 0 Å². The topological polar surface area (TPSA) is 76.8 Å². The lowest BCUT2D eigenvalue weighted by atomic mass is 10.2. The van der Waals surface area contributed by atoms with Gasteiger partial charge in [0.2, 0.25) is 5.91 Å². The van der Waals surface area contributed by atoms with Crippen LogP contribution in [0.3, 0.4) is 0 Å². The molecule has 0 aromatic heterocycles. The summed E-state index contributed by atoms with van der Waals surface area (Å²) in [6.45, 7) is 8.19. The molecule has 0 saturated heterocycles. The van der Waals surface area contributed by atoms with Crippen LogP contribution in [0.2, 0.25) is 0 Å².